The first-order chi connectivity index (χ1) is 8.75. The zero-order valence-electron chi connectivity index (χ0n) is 9.91. The molecule has 2 heterocycles. The van der Waals surface area contributed by atoms with Crippen LogP contribution in [-0.4, -0.2) is 45.8 Å². The Hall–Kier alpha value is -1.49. The highest BCUT2D eigenvalue weighted by Crippen LogP contribution is 2.26. The number of nitrogens with zero attached hydrogens (tertiary/aromatic N) is 2. The summed E-state index contributed by atoms with van der Waals surface area (Å²) in [4.78, 5) is 27.6. The molecule has 0 N–H and O–H groups in total. The van der Waals surface area contributed by atoms with Gasteiger partial charge in [-0.2, -0.15) is 0 Å². The highest BCUT2D eigenvalue weighted by atomic mass is 32.2. The molecular formula is C13H14N2O2S. The molecule has 2 fully saturated rings. The first-order valence-electron chi connectivity index (χ1n) is 5.95. The van der Waals surface area contributed by atoms with Crippen molar-refractivity contribution in [2.45, 2.75) is 12.6 Å². The van der Waals surface area contributed by atoms with E-state index in [1.807, 2.05) is 30.3 Å². The van der Waals surface area contributed by atoms with Crippen molar-refractivity contribution in [3.8, 4) is 0 Å². The van der Waals surface area contributed by atoms with Crippen molar-refractivity contribution in [2.24, 2.45) is 0 Å². The third-order valence-corrected chi connectivity index (χ3v) is 4.35. The van der Waals surface area contributed by atoms with E-state index in [1.54, 1.807) is 21.6 Å². The molecule has 0 saturated carbocycles. The number of benzene rings is 1. The Balaban J connectivity index is 1.77. The van der Waals surface area contributed by atoms with Gasteiger partial charge in [0.05, 0.1) is 5.88 Å². The van der Waals surface area contributed by atoms with Crippen molar-refractivity contribution >= 4 is 23.6 Å². The Morgan fingerprint density at radius 3 is 2.78 bits per heavy atom. The molecule has 18 heavy (non-hydrogen) atoms. The first kappa shape index (κ1) is 11.6. The van der Waals surface area contributed by atoms with Crippen LogP contribution >= 0.6 is 11.8 Å². The highest BCUT2D eigenvalue weighted by molar-refractivity contribution is 7.99. The average Bonchev–Trinajstić information content (AvgIpc) is 2.87. The second kappa shape index (κ2) is 4.65. The smallest absolute Gasteiger partial charge is 0.247 e. The summed E-state index contributed by atoms with van der Waals surface area (Å²) in [6, 6.07) is 9.57. The van der Waals surface area contributed by atoms with Gasteiger partial charge in [0.25, 0.3) is 0 Å². The number of fused-ring (bicyclic) bond motifs is 1. The number of thioether (sulfide) groups is 1. The molecule has 0 unspecified atom stereocenters. The van der Waals surface area contributed by atoms with E-state index in [1.165, 1.54) is 0 Å². The molecule has 5 heteroatoms. The predicted molar refractivity (Wildman–Crippen MR) is 69.8 cm³/mol. The minimum Gasteiger partial charge on any atom is -0.327 e. The van der Waals surface area contributed by atoms with E-state index in [0.717, 1.165) is 11.3 Å². The molecular weight excluding hydrogens is 248 g/mol. The van der Waals surface area contributed by atoms with E-state index in [0.29, 0.717) is 12.4 Å². The maximum atomic E-state index is 12.3. The summed E-state index contributed by atoms with van der Waals surface area (Å²) in [7, 11) is 0. The van der Waals surface area contributed by atoms with Crippen molar-refractivity contribution in [3.63, 3.8) is 0 Å². The molecule has 0 bridgehead atoms. The van der Waals surface area contributed by atoms with Gasteiger partial charge in [-0.15, -0.1) is 11.8 Å². The lowest BCUT2D eigenvalue weighted by atomic mass is 10.1. The lowest BCUT2D eigenvalue weighted by Crippen LogP contribution is -2.57. The van der Waals surface area contributed by atoms with Crippen LogP contribution in [0.2, 0.25) is 0 Å². The van der Waals surface area contributed by atoms with Gasteiger partial charge in [0.1, 0.15) is 12.6 Å². The molecule has 1 aromatic carbocycles. The molecule has 0 aromatic heterocycles. The molecule has 1 atom stereocenters. The SMILES string of the molecule is O=C1[C@@H]2CSCN2C(=O)CN1Cc1ccccc1. The van der Waals surface area contributed by atoms with E-state index in [4.69, 9.17) is 0 Å². The van der Waals surface area contributed by atoms with E-state index < -0.39 is 0 Å². The molecule has 2 amide bonds. The second-order valence-corrected chi connectivity index (χ2v) is 5.56. The Morgan fingerprint density at radius 2 is 2.00 bits per heavy atom. The summed E-state index contributed by atoms with van der Waals surface area (Å²) in [5.74, 6) is 1.55. The monoisotopic (exact) mass is 262 g/mol. The lowest BCUT2D eigenvalue weighted by Gasteiger charge is -2.35. The molecule has 3 rings (SSSR count). The maximum absolute atomic E-state index is 12.3. The first-order valence-corrected chi connectivity index (χ1v) is 7.11. The van der Waals surface area contributed by atoms with Gasteiger partial charge >= 0.3 is 0 Å². The van der Waals surface area contributed by atoms with Crippen LogP contribution in [0.4, 0.5) is 0 Å². The van der Waals surface area contributed by atoms with Gasteiger partial charge in [0.2, 0.25) is 11.8 Å². The van der Waals surface area contributed by atoms with Gasteiger partial charge in [-0.1, -0.05) is 30.3 Å². The quantitative estimate of drug-likeness (QED) is 0.796. The highest BCUT2D eigenvalue weighted by Gasteiger charge is 2.42. The van der Waals surface area contributed by atoms with Crippen molar-refractivity contribution < 1.29 is 9.59 Å². The second-order valence-electron chi connectivity index (χ2n) is 4.56. The molecule has 0 radical (unpaired) electrons. The molecule has 2 aliphatic heterocycles. The van der Waals surface area contributed by atoms with Gasteiger partial charge in [-0.25, -0.2) is 0 Å². The minimum absolute atomic E-state index is 0.0699. The van der Waals surface area contributed by atoms with Crippen LogP contribution < -0.4 is 0 Å². The van der Waals surface area contributed by atoms with Gasteiger partial charge in [-0.3, -0.25) is 9.59 Å². The predicted octanol–water partition coefficient (Wildman–Crippen LogP) is 0.930. The van der Waals surface area contributed by atoms with Gasteiger partial charge < -0.3 is 9.80 Å². The normalized spacial score (nSPS) is 23.4. The summed E-state index contributed by atoms with van der Waals surface area (Å²) >= 11 is 1.65. The van der Waals surface area contributed by atoms with Crippen LogP contribution in [-0.2, 0) is 16.1 Å². The molecule has 2 aliphatic rings. The third kappa shape index (κ3) is 1.99. The number of carbonyl (C=O) groups excluding carboxylic acids is 2. The van der Waals surface area contributed by atoms with Gasteiger partial charge in [0.15, 0.2) is 0 Å². The van der Waals surface area contributed by atoms with E-state index >= 15 is 0 Å². The molecule has 2 saturated heterocycles. The van der Waals surface area contributed by atoms with Crippen molar-refractivity contribution in [2.75, 3.05) is 18.2 Å². The van der Waals surface area contributed by atoms with Crippen LogP contribution in [0, 0.1) is 0 Å². The fraction of sp³-hybridized carbons (Fsp3) is 0.385. The van der Waals surface area contributed by atoms with Crippen LogP contribution in [0.5, 0.6) is 0 Å². The maximum Gasteiger partial charge on any atom is 0.247 e. The van der Waals surface area contributed by atoms with Crippen molar-refractivity contribution in [1.82, 2.24) is 9.80 Å². The fourth-order valence-electron chi connectivity index (χ4n) is 2.37. The molecule has 0 aliphatic carbocycles. The summed E-state index contributed by atoms with van der Waals surface area (Å²) in [6.45, 7) is 0.741. The van der Waals surface area contributed by atoms with Gasteiger partial charge in [-0.05, 0) is 5.56 Å². The topological polar surface area (TPSA) is 40.6 Å². The summed E-state index contributed by atoms with van der Waals surface area (Å²) in [5, 5.41) is 0. The van der Waals surface area contributed by atoms with Crippen LogP contribution in [0.25, 0.3) is 0 Å². The minimum atomic E-state index is -0.236. The lowest BCUT2D eigenvalue weighted by molar-refractivity contribution is -0.153. The third-order valence-electron chi connectivity index (χ3n) is 3.34. The number of rotatable bonds is 2. The fourth-order valence-corrected chi connectivity index (χ4v) is 3.55. The Morgan fingerprint density at radius 1 is 1.22 bits per heavy atom. The van der Waals surface area contributed by atoms with E-state index in [-0.39, 0.29) is 24.4 Å². The van der Waals surface area contributed by atoms with Crippen molar-refractivity contribution in [3.05, 3.63) is 35.9 Å². The number of hydrogen-bond acceptors (Lipinski definition) is 3. The Labute approximate surface area is 110 Å². The average molecular weight is 262 g/mol. The van der Waals surface area contributed by atoms with E-state index in [2.05, 4.69) is 0 Å². The molecule has 4 nitrogen and oxygen atoms in total. The standard InChI is InChI=1S/C13H14N2O2S/c16-12-7-14(6-10-4-2-1-3-5-10)13(17)11-8-18-9-15(11)12/h1-5,11H,6-9H2/t11-/m0/s1. The largest absolute Gasteiger partial charge is 0.327 e. The zero-order chi connectivity index (χ0) is 12.5. The Bertz CT molecular complexity index is 477. The number of carbonyl (C=O) groups is 2. The summed E-state index contributed by atoms with van der Waals surface area (Å²) in [5.41, 5.74) is 1.07. The zero-order valence-corrected chi connectivity index (χ0v) is 10.7. The Kier molecular flexibility index (Phi) is 2.99. The number of piperazine rings is 1. The molecule has 94 valence electrons. The van der Waals surface area contributed by atoms with Crippen molar-refractivity contribution in [1.29, 1.82) is 0 Å². The summed E-state index contributed by atoms with van der Waals surface area (Å²) in [6.07, 6.45) is 0. The number of hydrogen-bond donors (Lipinski definition) is 0. The molecule has 0 spiro atoms. The summed E-state index contributed by atoms with van der Waals surface area (Å²) < 4.78 is 0. The van der Waals surface area contributed by atoms with Gasteiger partial charge in [0, 0.05) is 12.3 Å². The van der Waals surface area contributed by atoms with Crippen LogP contribution in [0.3, 0.4) is 0 Å². The number of amides is 2. The molecule has 1 aromatic rings. The van der Waals surface area contributed by atoms with Crippen LogP contribution in [0.1, 0.15) is 5.56 Å². The van der Waals surface area contributed by atoms with Crippen LogP contribution in [0.15, 0.2) is 30.3 Å². The van der Waals surface area contributed by atoms with E-state index in [9.17, 15) is 9.59 Å².